The summed E-state index contributed by atoms with van der Waals surface area (Å²) in [7, 11) is 0. The predicted molar refractivity (Wildman–Crippen MR) is 232 cm³/mol. The van der Waals surface area contributed by atoms with Gasteiger partial charge in [0, 0.05) is 43.7 Å². The molecule has 8 heteroatoms. The molecule has 0 saturated carbocycles. The number of halogens is 3. The Morgan fingerprint density at radius 1 is 0.404 bits per heavy atom. The van der Waals surface area contributed by atoms with Crippen molar-refractivity contribution >= 4 is 92.1 Å². The molecule has 0 radical (unpaired) electrons. The summed E-state index contributed by atoms with van der Waals surface area (Å²) in [5.74, 6) is 0. The molecule has 0 amide bonds. The minimum absolute atomic E-state index is 0.199. The predicted octanol–water partition coefficient (Wildman–Crippen LogP) is 9.42. The van der Waals surface area contributed by atoms with E-state index in [-0.39, 0.29) is 17.3 Å². The van der Waals surface area contributed by atoms with Crippen LogP contribution in [0.5, 0.6) is 0 Å². The second-order valence-corrected chi connectivity index (χ2v) is 16.1. The zero-order chi connectivity index (χ0) is 38.0. The number of alkyl halides is 3. The highest BCUT2D eigenvalue weighted by Crippen LogP contribution is 2.56. The van der Waals surface area contributed by atoms with Gasteiger partial charge in [-0.15, -0.1) is 0 Å². The van der Waals surface area contributed by atoms with Gasteiger partial charge in [-0.05, 0) is 62.7 Å². The summed E-state index contributed by atoms with van der Waals surface area (Å²) in [5.41, 5.74) is 12.9. The van der Waals surface area contributed by atoms with E-state index in [0.29, 0.717) is 11.2 Å². The smallest absolute Gasteiger partial charge is 0.312 e. The number of rotatable bonds is 3. The molecule has 0 saturated heterocycles. The van der Waals surface area contributed by atoms with Crippen LogP contribution >= 0.6 is 11.8 Å². The molecular formula is C49H29B2F3N2S. The van der Waals surface area contributed by atoms with E-state index in [2.05, 4.69) is 41.3 Å². The number of hydrogen-bond acceptors (Lipinski definition) is 3. The van der Waals surface area contributed by atoms with E-state index in [4.69, 9.17) is 0 Å². The second kappa shape index (κ2) is 12.1. The van der Waals surface area contributed by atoms with Crippen molar-refractivity contribution in [3.8, 4) is 22.3 Å². The highest BCUT2D eigenvalue weighted by atomic mass is 32.2. The molecular weight excluding hydrogens is 727 g/mol. The first-order chi connectivity index (χ1) is 28.0. The zero-order valence-corrected chi connectivity index (χ0v) is 31.2. The topological polar surface area (TPSA) is 6.48 Å². The molecule has 0 N–H and O–H groups in total. The van der Waals surface area contributed by atoms with Crippen molar-refractivity contribution in [2.75, 3.05) is 9.80 Å². The molecule has 4 aliphatic heterocycles. The lowest BCUT2D eigenvalue weighted by molar-refractivity contribution is -0.139. The van der Waals surface area contributed by atoms with Crippen molar-refractivity contribution in [2.45, 2.75) is 16.0 Å². The van der Waals surface area contributed by atoms with Crippen molar-refractivity contribution < 1.29 is 13.2 Å². The van der Waals surface area contributed by atoms with Gasteiger partial charge in [-0.25, -0.2) is 0 Å². The Hall–Kier alpha value is -6.37. The van der Waals surface area contributed by atoms with Crippen molar-refractivity contribution in [3.63, 3.8) is 0 Å². The molecule has 0 unspecified atom stereocenters. The monoisotopic (exact) mass is 756 g/mol. The summed E-state index contributed by atoms with van der Waals surface area (Å²) >= 11 is 1.27. The molecule has 8 aromatic carbocycles. The van der Waals surface area contributed by atoms with Crippen LogP contribution in [0.4, 0.5) is 47.3 Å². The minimum Gasteiger partial charge on any atom is -0.312 e. The number of anilines is 6. The lowest BCUT2D eigenvalue weighted by Crippen LogP contribution is -2.68. The van der Waals surface area contributed by atoms with Crippen molar-refractivity contribution in [1.82, 2.24) is 0 Å². The van der Waals surface area contributed by atoms with Crippen LogP contribution in [0.15, 0.2) is 186 Å². The average Bonchev–Trinajstić information content (AvgIpc) is 3.25. The third-order valence-corrected chi connectivity index (χ3v) is 13.3. The van der Waals surface area contributed by atoms with Crippen molar-refractivity contribution in [3.05, 3.63) is 181 Å². The van der Waals surface area contributed by atoms with Crippen LogP contribution < -0.4 is 42.6 Å². The first-order valence-electron chi connectivity index (χ1n) is 19.2. The fourth-order valence-corrected chi connectivity index (χ4v) is 11.3. The maximum Gasteiger partial charge on any atom is 0.419 e. The number of nitrogens with zero attached hydrogens (tertiary/aromatic N) is 2. The maximum absolute atomic E-state index is 16.8. The van der Waals surface area contributed by atoms with Crippen LogP contribution in [0, 0.1) is 0 Å². The van der Waals surface area contributed by atoms with Crippen molar-refractivity contribution in [2.24, 2.45) is 0 Å². The molecule has 57 heavy (non-hydrogen) atoms. The third-order valence-electron chi connectivity index (χ3n) is 12.1. The number of fused-ring (bicyclic) bond motifs is 10. The standard InChI is InChI=1S/C49H29B2F3N2S/c52-49(53,54)42-46-43-47-44-48(42)57-41-29-14-10-25-37(41)51(44)35-23-8-12-27-39(35)55(47)38-26-11-7-22-34(38)50(43)36-24-9-13-28-40(36)56(46)45-32(30-16-3-1-4-17-30)20-15-21-33(45)31-18-5-2-6-19-31/h1-29H. The molecule has 0 fully saturated rings. The fraction of sp³-hybridized carbons (Fsp3) is 0.0204. The van der Waals surface area contributed by atoms with Gasteiger partial charge in [0.1, 0.15) is 0 Å². The highest BCUT2D eigenvalue weighted by molar-refractivity contribution is 8.00. The van der Waals surface area contributed by atoms with E-state index in [1.54, 1.807) is 0 Å². The molecule has 12 rings (SSSR count). The largest absolute Gasteiger partial charge is 0.419 e. The van der Waals surface area contributed by atoms with E-state index in [1.165, 1.54) is 11.8 Å². The van der Waals surface area contributed by atoms with Crippen LogP contribution in [0.2, 0.25) is 0 Å². The SMILES string of the molecule is FC(F)(F)c1c2c3c4c5c1N(c1c(-c6ccccc6)cccc1-c1ccccc1)c1ccccc1B5c1ccccc1N4c1ccccc1B3c1ccccc1S2. The molecule has 0 spiro atoms. The van der Waals surface area contributed by atoms with Gasteiger partial charge in [-0.1, -0.05) is 169 Å². The Morgan fingerprint density at radius 3 is 1.40 bits per heavy atom. The lowest BCUT2D eigenvalue weighted by Gasteiger charge is -2.50. The molecule has 4 heterocycles. The summed E-state index contributed by atoms with van der Waals surface area (Å²) in [5, 5.41) is 0. The van der Waals surface area contributed by atoms with Crippen LogP contribution in [0.3, 0.4) is 0 Å². The summed E-state index contributed by atoms with van der Waals surface area (Å²) in [6, 6.07) is 58.9. The summed E-state index contributed by atoms with van der Waals surface area (Å²) in [6.07, 6.45) is -4.71. The maximum atomic E-state index is 16.8. The Balaban J connectivity index is 1.31. The summed E-state index contributed by atoms with van der Waals surface area (Å²) in [4.78, 5) is 5.38. The van der Waals surface area contributed by atoms with Crippen LogP contribution in [-0.4, -0.2) is 13.4 Å². The molecule has 0 atom stereocenters. The van der Waals surface area contributed by atoms with E-state index < -0.39 is 18.5 Å². The Labute approximate surface area is 333 Å². The quantitative estimate of drug-likeness (QED) is 0.166. The number of para-hydroxylation sites is 4. The van der Waals surface area contributed by atoms with Gasteiger partial charge in [-0.3, -0.25) is 0 Å². The first-order valence-corrected chi connectivity index (χ1v) is 20.0. The van der Waals surface area contributed by atoms with Gasteiger partial charge in [-0.2, -0.15) is 13.2 Å². The second-order valence-electron chi connectivity index (χ2n) is 15.0. The third kappa shape index (κ3) is 4.53. The molecule has 4 aliphatic rings. The molecule has 0 aliphatic carbocycles. The molecule has 268 valence electrons. The zero-order valence-electron chi connectivity index (χ0n) is 30.3. The van der Waals surface area contributed by atoms with Crippen molar-refractivity contribution in [1.29, 1.82) is 0 Å². The van der Waals surface area contributed by atoms with E-state index in [0.717, 1.165) is 77.2 Å². The molecule has 8 aromatic rings. The van der Waals surface area contributed by atoms with E-state index >= 15 is 13.2 Å². The fourth-order valence-electron chi connectivity index (χ4n) is 10.0. The molecule has 2 nitrogen and oxygen atoms in total. The van der Waals surface area contributed by atoms with E-state index in [1.807, 2.05) is 144 Å². The molecule has 0 bridgehead atoms. The van der Waals surface area contributed by atoms with Gasteiger partial charge >= 0.3 is 6.18 Å². The van der Waals surface area contributed by atoms with Gasteiger partial charge in [0.05, 0.1) is 16.9 Å². The number of benzene rings is 8. The van der Waals surface area contributed by atoms with E-state index in [9.17, 15) is 0 Å². The number of hydrogen-bond donors (Lipinski definition) is 0. The summed E-state index contributed by atoms with van der Waals surface area (Å²) in [6.45, 7) is -0.822. The Kier molecular flexibility index (Phi) is 6.95. The molecule has 0 aromatic heterocycles. The van der Waals surface area contributed by atoms with Crippen LogP contribution in [0.25, 0.3) is 22.3 Å². The Morgan fingerprint density at radius 2 is 0.860 bits per heavy atom. The minimum atomic E-state index is -4.71. The van der Waals surface area contributed by atoms with Gasteiger partial charge < -0.3 is 9.80 Å². The summed E-state index contributed by atoms with van der Waals surface area (Å²) < 4.78 is 50.4. The Bertz CT molecular complexity index is 2900. The average molecular weight is 756 g/mol. The van der Waals surface area contributed by atoms with Gasteiger partial charge in [0.25, 0.3) is 6.71 Å². The highest BCUT2D eigenvalue weighted by Gasteiger charge is 2.55. The van der Waals surface area contributed by atoms with Gasteiger partial charge in [0.15, 0.2) is 0 Å². The normalized spacial score (nSPS) is 14.0. The first kappa shape index (κ1) is 32.8. The van der Waals surface area contributed by atoms with Crippen LogP contribution in [0.1, 0.15) is 5.56 Å². The van der Waals surface area contributed by atoms with Gasteiger partial charge in [0.2, 0.25) is 6.71 Å². The lowest BCUT2D eigenvalue weighted by atomic mass is 9.29. The van der Waals surface area contributed by atoms with Crippen LogP contribution in [-0.2, 0) is 6.18 Å².